The minimum Gasteiger partial charge on any atom is -0.495 e. The normalized spacial score (nSPS) is 17.2. The van der Waals surface area contributed by atoms with Crippen LogP contribution in [0.15, 0.2) is 23.1 Å². The van der Waals surface area contributed by atoms with E-state index in [1.807, 2.05) is 0 Å². The Kier molecular flexibility index (Phi) is 6.57. The molecule has 0 radical (unpaired) electrons. The van der Waals surface area contributed by atoms with Crippen LogP contribution >= 0.6 is 0 Å². The summed E-state index contributed by atoms with van der Waals surface area (Å²) < 4.78 is 40.9. The van der Waals surface area contributed by atoms with Crippen LogP contribution in [0, 0.1) is 0 Å². The van der Waals surface area contributed by atoms with Crippen molar-refractivity contribution in [2.75, 3.05) is 39.7 Å². The highest BCUT2D eigenvalue weighted by Gasteiger charge is 2.26. The number of sulfonamides is 1. The molecule has 1 aliphatic heterocycles. The zero-order chi connectivity index (χ0) is 19.3. The Bertz CT molecular complexity index is 771. The van der Waals surface area contributed by atoms with Crippen molar-refractivity contribution < 1.29 is 32.2 Å². The standard InChI is InChI=1S/C16H22N2O7S/c1-18(2)26(21,22)14-9-11(6-7-12(14)23-3)17-15(19)10-25-16(20)13-5-4-8-24-13/h6-7,9,13H,4-5,8,10H2,1-3H3,(H,17,19)/t13-/m0/s1. The minimum atomic E-state index is -3.76. The maximum atomic E-state index is 12.4. The monoisotopic (exact) mass is 386 g/mol. The first kappa shape index (κ1) is 20.1. The summed E-state index contributed by atoms with van der Waals surface area (Å²) >= 11 is 0. The summed E-state index contributed by atoms with van der Waals surface area (Å²) in [7, 11) is 0.381. The van der Waals surface area contributed by atoms with Gasteiger partial charge in [0.25, 0.3) is 5.91 Å². The molecule has 0 aromatic heterocycles. The summed E-state index contributed by atoms with van der Waals surface area (Å²) in [5.74, 6) is -1.01. The molecule has 0 bridgehead atoms. The highest BCUT2D eigenvalue weighted by Crippen LogP contribution is 2.28. The number of methoxy groups -OCH3 is 1. The number of hydrogen-bond acceptors (Lipinski definition) is 7. The largest absolute Gasteiger partial charge is 0.495 e. The Hall–Kier alpha value is -2.17. The van der Waals surface area contributed by atoms with Crippen LogP contribution in [0.4, 0.5) is 5.69 Å². The summed E-state index contributed by atoms with van der Waals surface area (Å²) in [6.45, 7) is 0.0153. The van der Waals surface area contributed by atoms with Crippen molar-refractivity contribution in [2.45, 2.75) is 23.8 Å². The highest BCUT2D eigenvalue weighted by molar-refractivity contribution is 7.89. The summed E-state index contributed by atoms with van der Waals surface area (Å²) in [4.78, 5) is 23.6. The molecule has 0 spiro atoms. The van der Waals surface area contributed by atoms with Crippen LogP contribution in [-0.2, 0) is 29.1 Å². The van der Waals surface area contributed by atoms with Crippen molar-refractivity contribution in [3.63, 3.8) is 0 Å². The van der Waals surface area contributed by atoms with E-state index in [0.29, 0.717) is 13.0 Å². The number of amides is 1. The lowest BCUT2D eigenvalue weighted by molar-refractivity contribution is -0.156. The average Bonchev–Trinajstić information content (AvgIpc) is 3.14. The van der Waals surface area contributed by atoms with E-state index < -0.39 is 34.6 Å². The Morgan fingerprint density at radius 3 is 2.65 bits per heavy atom. The van der Waals surface area contributed by atoms with E-state index in [4.69, 9.17) is 14.2 Å². The van der Waals surface area contributed by atoms with Gasteiger partial charge in [0, 0.05) is 26.4 Å². The second-order valence-electron chi connectivity index (χ2n) is 5.81. The molecule has 0 unspecified atom stereocenters. The fourth-order valence-corrected chi connectivity index (χ4v) is 3.42. The smallest absolute Gasteiger partial charge is 0.335 e. The minimum absolute atomic E-state index is 0.0841. The summed E-state index contributed by atoms with van der Waals surface area (Å²) in [6, 6.07) is 4.21. The van der Waals surface area contributed by atoms with Crippen molar-refractivity contribution >= 4 is 27.6 Å². The predicted octanol–water partition coefficient (Wildman–Crippen LogP) is 0.606. The van der Waals surface area contributed by atoms with E-state index in [9.17, 15) is 18.0 Å². The molecule has 1 aliphatic rings. The molecule has 1 atom stereocenters. The Labute approximate surface area is 152 Å². The van der Waals surface area contributed by atoms with Crippen molar-refractivity contribution in [2.24, 2.45) is 0 Å². The third kappa shape index (κ3) is 4.71. The summed E-state index contributed by atoms with van der Waals surface area (Å²) in [6.07, 6.45) is 0.728. The first-order valence-electron chi connectivity index (χ1n) is 7.94. The maximum absolute atomic E-state index is 12.4. The SMILES string of the molecule is COc1ccc(NC(=O)COC(=O)[C@@H]2CCCO2)cc1S(=O)(=O)N(C)C. The van der Waals surface area contributed by atoms with Gasteiger partial charge in [-0.05, 0) is 31.0 Å². The van der Waals surface area contributed by atoms with E-state index in [2.05, 4.69) is 5.32 Å². The first-order chi connectivity index (χ1) is 12.3. The van der Waals surface area contributed by atoms with Crippen LogP contribution in [0.1, 0.15) is 12.8 Å². The third-order valence-corrected chi connectivity index (χ3v) is 5.58. The van der Waals surface area contributed by atoms with E-state index >= 15 is 0 Å². The van der Waals surface area contributed by atoms with Gasteiger partial charge >= 0.3 is 5.97 Å². The molecule has 10 heteroatoms. The van der Waals surface area contributed by atoms with Crippen molar-refractivity contribution in [3.05, 3.63) is 18.2 Å². The highest BCUT2D eigenvalue weighted by atomic mass is 32.2. The van der Waals surface area contributed by atoms with Gasteiger partial charge in [0.15, 0.2) is 12.7 Å². The van der Waals surface area contributed by atoms with E-state index in [1.165, 1.54) is 39.4 Å². The van der Waals surface area contributed by atoms with Gasteiger partial charge in [0.1, 0.15) is 10.6 Å². The topological polar surface area (TPSA) is 111 Å². The van der Waals surface area contributed by atoms with Crippen LogP contribution < -0.4 is 10.1 Å². The molecule has 0 aliphatic carbocycles. The fourth-order valence-electron chi connectivity index (χ4n) is 2.34. The van der Waals surface area contributed by atoms with Crippen molar-refractivity contribution in [1.29, 1.82) is 0 Å². The van der Waals surface area contributed by atoms with Crippen LogP contribution in [0.5, 0.6) is 5.75 Å². The van der Waals surface area contributed by atoms with Gasteiger partial charge in [-0.25, -0.2) is 17.5 Å². The molecule has 1 aromatic carbocycles. The number of hydrogen-bond donors (Lipinski definition) is 1. The molecule has 1 fully saturated rings. The van der Waals surface area contributed by atoms with Gasteiger partial charge in [-0.3, -0.25) is 4.79 Å². The number of rotatable bonds is 7. The van der Waals surface area contributed by atoms with Crippen LogP contribution in [0.3, 0.4) is 0 Å². The predicted molar refractivity (Wildman–Crippen MR) is 92.4 cm³/mol. The number of carbonyl (C=O) groups is 2. The third-order valence-electron chi connectivity index (χ3n) is 3.74. The molecule has 1 aromatic rings. The number of carbonyl (C=O) groups excluding carboxylic acids is 2. The number of esters is 1. The lowest BCUT2D eigenvalue weighted by atomic mass is 10.2. The second kappa shape index (κ2) is 8.47. The van der Waals surface area contributed by atoms with Crippen LogP contribution in [-0.4, -0.2) is 65.1 Å². The molecule has 144 valence electrons. The van der Waals surface area contributed by atoms with E-state index in [1.54, 1.807) is 0 Å². The number of ether oxygens (including phenoxy) is 3. The van der Waals surface area contributed by atoms with Gasteiger partial charge in [0.05, 0.1) is 7.11 Å². The van der Waals surface area contributed by atoms with Gasteiger partial charge in [0.2, 0.25) is 10.0 Å². The first-order valence-corrected chi connectivity index (χ1v) is 9.38. The number of anilines is 1. The molecule has 9 nitrogen and oxygen atoms in total. The second-order valence-corrected chi connectivity index (χ2v) is 7.93. The quantitative estimate of drug-likeness (QED) is 0.683. The molecular weight excluding hydrogens is 364 g/mol. The van der Waals surface area contributed by atoms with Crippen LogP contribution in [0.25, 0.3) is 0 Å². The molecule has 1 saturated heterocycles. The zero-order valence-electron chi connectivity index (χ0n) is 14.9. The number of benzene rings is 1. The molecule has 1 heterocycles. The lowest BCUT2D eigenvalue weighted by Gasteiger charge is -2.16. The fraction of sp³-hybridized carbons (Fsp3) is 0.500. The van der Waals surface area contributed by atoms with Crippen LogP contribution in [0.2, 0.25) is 0 Å². The molecule has 0 saturated carbocycles. The van der Waals surface area contributed by atoms with E-state index in [-0.39, 0.29) is 16.3 Å². The molecule has 26 heavy (non-hydrogen) atoms. The Balaban J connectivity index is 2.04. The molecule has 2 rings (SSSR count). The zero-order valence-corrected chi connectivity index (χ0v) is 15.7. The molecular formula is C16H22N2O7S. The summed E-state index contributed by atoms with van der Waals surface area (Å²) in [5.41, 5.74) is 0.240. The summed E-state index contributed by atoms with van der Waals surface area (Å²) in [5, 5.41) is 2.50. The Morgan fingerprint density at radius 1 is 1.35 bits per heavy atom. The van der Waals surface area contributed by atoms with E-state index in [0.717, 1.165) is 10.7 Å². The van der Waals surface area contributed by atoms with Gasteiger partial charge < -0.3 is 19.5 Å². The van der Waals surface area contributed by atoms with Gasteiger partial charge in [-0.2, -0.15) is 0 Å². The average molecular weight is 386 g/mol. The Morgan fingerprint density at radius 2 is 2.08 bits per heavy atom. The number of nitrogens with one attached hydrogen (secondary N) is 1. The van der Waals surface area contributed by atoms with Gasteiger partial charge in [-0.15, -0.1) is 0 Å². The number of nitrogens with zero attached hydrogens (tertiary/aromatic N) is 1. The lowest BCUT2D eigenvalue weighted by Crippen LogP contribution is -2.27. The van der Waals surface area contributed by atoms with Gasteiger partial charge in [-0.1, -0.05) is 0 Å². The van der Waals surface area contributed by atoms with Crippen molar-refractivity contribution in [1.82, 2.24) is 4.31 Å². The maximum Gasteiger partial charge on any atom is 0.335 e. The molecule has 1 N–H and O–H groups in total. The molecule has 1 amide bonds. The van der Waals surface area contributed by atoms with Crippen molar-refractivity contribution in [3.8, 4) is 5.75 Å².